The molecule has 23 heavy (non-hydrogen) atoms. The lowest BCUT2D eigenvalue weighted by atomic mass is 9.69. The number of benzene rings is 1. The van der Waals surface area contributed by atoms with Crippen LogP contribution in [0.3, 0.4) is 0 Å². The number of thioether (sulfide) groups is 1. The Morgan fingerprint density at radius 3 is 2.70 bits per heavy atom. The number of carbonyl (C=O) groups is 1. The number of para-hydroxylation sites is 1. The second-order valence-corrected chi connectivity index (χ2v) is 7.54. The van der Waals surface area contributed by atoms with Gasteiger partial charge in [0.15, 0.2) is 11.5 Å². The van der Waals surface area contributed by atoms with Crippen molar-refractivity contribution < 1.29 is 19.4 Å². The Hall–Kier alpha value is -1.36. The van der Waals surface area contributed by atoms with Crippen LogP contribution in [-0.2, 0) is 10.2 Å². The van der Waals surface area contributed by atoms with Crippen molar-refractivity contribution in [2.75, 3.05) is 18.6 Å². The molecule has 0 spiro atoms. The third-order valence-corrected chi connectivity index (χ3v) is 6.14. The highest BCUT2D eigenvalue weighted by molar-refractivity contribution is 7.99. The zero-order chi connectivity index (χ0) is 16.3. The molecule has 3 rings (SSSR count). The van der Waals surface area contributed by atoms with E-state index in [1.54, 1.807) is 7.11 Å². The van der Waals surface area contributed by atoms with E-state index in [1.165, 1.54) is 0 Å². The summed E-state index contributed by atoms with van der Waals surface area (Å²) in [5.41, 5.74) is -0.0469. The number of ether oxygens (including phenoxy) is 2. The third kappa shape index (κ3) is 3.16. The molecule has 0 amide bonds. The average Bonchev–Trinajstić information content (AvgIpc) is 3.08. The van der Waals surface area contributed by atoms with Crippen molar-refractivity contribution in [2.24, 2.45) is 0 Å². The number of aliphatic carboxylic acids is 1. The minimum atomic E-state index is -0.839. The first-order valence-electron chi connectivity index (χ1n) is 8.32. The largest absolute Gasteiger partial charge is 0.493 e. The predicted molar refractivity (Wildman–Crippen MR) is 91.8 cm³/mol. The Morgan fingerprint density at radius 1 is 1.30 bits per heavy atom. The second-order valence-electron chi connectivity index (χ2n) is 6.39. The van der Waals surface area contributed by atoms with E-state index < -0.39 is 11.4 Å². The summed E-state index contributed by atoms with van der Waals surface area (Å²) in [6.45, 7) is 0. The van der Waals surface area contributed by atoms with Crippen LogP contribution in [0.25, 0.3) is 0 Å². The molecule has 0 bridgehead atoms. The van der Waals surface area contributed by atoms with Crippen LogP contribution in [0.4, 0.5) is 0 Å². The summed E-state index contributed by atoms with van der Waals surface area (Å²) in [4.78, 5) is 12.2. The average molecular weight is 336 g/mol. The summed E-state index contributed by atoms with van der Waals surface area (Å²) in [5.74, 6) is 2.60. The number of hydrogen-bond acceptors (Lipinski definition) is 4. The monoisotopic (exact) mass is 336 g/mol. The highest BCUT2D eigenvalue weighted by atomic mass is 32.2. The molecule has 5 heteroatoms. The molecule has 126 valence electrons. The van der Waals surface area contributed by atoms with Gasteiger partial charge in [-0.2, -0.15) is 11.8 Å². The van der Waals surface area contributed by atoms with Crippen LogP contribution in [0.15, 0.2) is 18.2 Å². The Balaban J connectivity index is 2.03. The van der Waals surface area contributed by atoms with E-state index in [-0.39, 0.29) is 6.10 Å². The molecule has 0 aromatic heterocycles. The summed E-state index contributed by atoms with van der Waals surface area (Å²) in [6.07, 6.45) is 5.49. The van der Waals surface area contributed by atoms with Crippen molar-refractivity contribution in [2.45, 2.75) is 50.0 Å². The van der Waals surface area contributed by atoms with Crippen molar-refractivity contribution in [3.8, 4) is 11.5 Å². The molecule has 1 aliphatic carbocycles. The molecule has 1 saturated carbocycles. The van der Waals surface area contributed by atoms with Crippen LogP contribution in [0, 0.1) is 0 Å². The lowest BCUT2D eigenvalue weighted by Gasteiger charge is -2.35. The molecule has 1 aromatic rings. The molecule has 1 aliphatic heterocycles. The van der Waals surface area contributed by atoms with E-state index in [9.17, 15) is 9.90 Å². The smallest absolute Gasteiger partial charge is 0.314 e. The highest BCUT2D eigenvalue weighted by Gasteiger charge is 2.44. The molecule has 1 aromatic carbocycles. The highest BCUT2D eigenvalue weighted by Crippen LogP contribution is 2.47. The van der Waals surface area contributed by atoms with Gasteiger partial charge in [0.2, 0.25) is 0 Å². The van der Waals surface area contributed by atoms with Crippen LogP contribution < -0.4 is 9.47 Å². The first kappa shape index (κ1) is 16.5. The van der Waals surface area contributed by atoms with Crippen LogP contribution in [0.5, 0.6) is 11.5 Å². The fourth-order valence-corrected chi connectivity index (χ4v) is 4.80. The fourth-order valence-electron chi connectivity index (χ4n) is 3.70. The molecule has 1 unspecified atom stereocenters. The molecular formula is C18H24O4S. The predicted octanol–water partition coefficient (Wildman–Crippen LogP) is 3.87. The summed E-state index contributed by atoms with van der Waals surface area (Å²) >= 11 is 1.88. The van der Waals surface area contributed by atoms with E-state index in [4.69, 9.17) is 9.47 Å². The normalized spacial score (nSPS) is 23.4. The van der Waals surface area contributed by atoms with Crippen molar-refractivity contribution in [1.82, 2.24) is 0 Å². The van der Waals surface area contributed by atoms with Gasteiger partial charge >= 0.3 is 5.97 Å². The molecule has 1 N–H and O–H groups in total. The number of rotatable bonds is 5. The summed E-state index contributed by atoms with van der Waals surface area (Å²) < 4.78 is 11.7. The van der Waals surface area contributed by atoms with Gasteiger partial charge in [-0.15, -0.1) is 0 Å². The Kier molecular flexibility index (Phi) is 5.05. The SMILES string of the molecule is COc1cccc(C2(C(=O)O)CCCCC2)c1OC1CCSC1. The summed E-state index contributed by atoms with van der Waals surface area (Å²) in [5, 5.41) is 9.99. The molecule has 1 saturated heterocycles. The van der Waals surface area contributed by atoms with Gasteiger partial charge < -0.3 is 14.6 Å². The minimum absolute atomic E-state index is 0.143. The molecule has 1 atom stereocenters. The van der Waals surface area contributed by atoms with E-state index in [1.807, 2.05) is 30.0 Å². The van der Waals surface area contributed by atoms with E-state index in [0.29, 0.717) is 24.3 Å². The van der Waals surface area contributed by atoms with Gasteiger partial charge in [-0.3, -0.25) is 4.79 Å². The lowest BCUT2D eigenvalue weighted by Crippen LogP contribution is -2.38. The lowest BCUT2D eigenvalue weighted by molar-refractivity contribution is -0.145. The van der Waals surface area contributed by atoms with Gasteiger partial charge in [-0.25, -0.2) is 0 Å². The van der Waals surface area contributed by atoms with Gasteiger partial charge in [0.1, 0.15) is 6.10 Å². The van der Waals surface area contributed by atoms with Gasteiger partial charge in [-0.1, -0.05) is 31.4 Å². The summed E-state index contributed by atoms with van der Waals surface area (Å²) in [7, 11) is 1.61. The van der Waals surface area contributed by atoms with Crippen LogP contribution in [0.2, 0.25) is 0 Å². The fraction of sp³-hybridized carbons (Fsp3) is 0.611. The number of methoxy groups -OCH3 is 1. The van der Waals surface area contributed by atoms with Gasteiger partial charge in [-0.05, 0) is 31.1 Å². The zero-order valence-corrected chi connectivity index (χ0v) is 14.4. The standard InChI is InChI=1S/C18H24O4S/c1-21-15-7-5-6-14(16(15)22-13-8-11-23-12-13)18(17(19)20)9-3-2-4-10-18/h5-7,13H,2-4,8-12H2,1H3,(H,19,20). The van der Waals surface area contributed by atoms with Crippen LogP contribution in [0.1, 0.15) is 44.1 Å². The zero-order valence-electron chi connectivity index (χ0n) is 13.5. The van der Waals surface area contributed by atoms with Crippen LogP contribution >= 0.6 is 11.8 Å². The molecule has 4 nitrogen and oxygen atoms in total. The van der Waals surface area contributed by atoms with E-state index in [0.717, 1.165) is 42.8 Å². The second kappa shape index (κ2) is 7.04. The van der Waals surface area contributed by atoms with Gasteiger partial charge in [0.25, 0.3) is 0 Å². The maximum Gasteiger partial charge on any atom is 0.314 e. The molecule has 2 fully saturated rings. The van der Waals surface area contributed by atoms with Crippen LogP contribution in [-0.4, -0.2) is 35.8 Å². The molecule has 1 heterocycles. The van der Waals surface area contributed by atoms with Crippen molar-refractivity contribution >= 4 is 17.7 Å². The topological polar surface area (TPSA) is 55.8 Å². The number of carboxylic acid groups (broad SMARTS) is 1. The number of carboxylic acids is 1. The molecule has 2 aliphatic rings. The first-order chi connectivity index (χ1) is 11.2. The van der Waals surface area contributed by atoms with Crippen molar-refractivity contribution in [3.63, 3.8) is 0 Å². The maximum atomic E-state index is 12.2. The Labute approximate surface area is 141 Å². The van der Waals surface area contributed by atoms with E-state index in [2.05, 4.69) is 0 Å². The van der Waals surface area contributed by atoms with Gasteiger partial charge in [0.05, 0.1) is 12.5 Å². The third-order valence-electron chi connectivity index (χ3n) is 5.00. The van der Waals surface area contributed by atoms with Crippen molar-refractivity contribution in [1.29, 1.82) is 0 Å². The molecule has 0 radical (unpaired) electrons. The maximum absolute atomic E-state index is 12.2. The molecular weight excluding hydrogens is 312 g/mol. The Morgan fingerprint density at radius 2 is 2.09 bits per heavy atom. The first-order valence-corrected chi connectivity index (χ1v) is 9.48. The minimum Gasteiger partial charge on any atom is -0.493 e. The Bertz CT molecular complexity index is 560. The van der Waals surface area contributed by atoms with Gasteiger partial charge in [0, 0.05) is 11.3 Å². The quantitative estimate of drug-likeness (QED) is 0.885. The van der Waals surface area contributed by atoms with Crippen molar-refractivity contribution in [3.05, 3.63) is 23.8 Å². The summed E-state index contributed by atoms with van der Waals surface area (Å²) in [6, 6.07) is 5.66. The van der Waals surface area contributed by atoms with E-state index >= 15 is 0 Å². The number of hydrogen-bond donors (Lipinski definition) is 1.